The van der Waals surface area contributed by atoms with Gasteiger partial charge in [0.25, 0.3) is 0 Å². The highest BCUT2D eigenvalue weighted by molar-refractivity contribution is 5.78. The maximum absolute atomic E-state index is 13.1. The van der Waals surface area contributed by atoms with Crippen molar-refractivity contribution in [2.45, 2.75) is 18.9 Å². The van der Waals surface area contributed by atoms with Crippen LogP contribution in [-0.4, -0.2) is 20.8 Å². The normalized spacial score (nSPS) is 13.1. The molecule has 0 aliphatic heterocycles. The first kappa shape index (κ1) is 13.1. The Morgan fingerprint density at radius 2 is 2.22 bits per heavy atom. The number of benzene rings is 1. The third kappa shape index (κ3) is 2.89. The number of methoxy groups -OCH3 is 1. The lowest BCUT2D eigenvalue weighted by Gasteiger charge is -2.12. The number of furan rings is 1. The number of nitrogens with one attached hydrogen (secondary N) is 1. The molecule has 1 heterocycles. The minimum Gasteiger partial charge on any atom is -0.459 e. The molecule has 0 aliphatic rings. The van der Waals surface area contributed by atoms with Crippen molar-refractivity contribution in [2.75, 3.05) is 20.8 Å². The average molecular weight is 251 g/mol. The van der Waals surface area contributed by atoms with Crippen molar-refractivity contribution in [3.05, 3.63) is 35.8 Å². The van der Waals surface area contributed by atoms with Crippen LogP contribution in [0.2, 0.25) is 0 Å². The molecular formula is C14H18FNO2. The lowest BCUT2D eigenvalue weighted by atomic mass is 10.1. The van der Waals surface area contributed by atoms with Crippen LogP contribution in [-0.2, 0) is 4.74 Å². The van der Waals surface area contributed by atoms with Crippen molar-refractivity contribution in [3.8, 4) is 0 Å². The lowest BCUT2D eigenvalue weighted by Crippen LogP contribution is -2.16. The molecule has 1 aromatic heterocycles. The molecule has 2 rings (SSSR count). The molecule has 1 N–H and O–H groups in total. The minimum absolute atomic E-state index is 0.135. The van der Waals surface area contributed by atoms with E-state index in [1.807, 2.05) is 13.1 Å². The quantitative estimate of drug-likeness (QED) is 0.800. The zero-order valence-corrected chi connectivity index (χ0v) is 10.7. The van der Waals surface area contributed by atoms with E-state index < -0.39 is 0 Å². The number of hydrogen-bond acceptors (Lipinski definition) is 3. The summed E-state index contributed by atoms with van der Waals surface area (Å²) in [6, 6.07) is 6.59. The average Bonchev–Trinajstić information content (AvgIpc) is 2.77. The maximum atomic E-state index is 13.1. The first-order valence-electron chi connectivity index (χ1n) is 6.10. The molecule has 1 unspecified atom stereocenters. The fraction of sp³-hybridized carbons (Fsp3) is 0.429. The molecule has 0 saturated heterocycles. The zero-order chi connectivity index (χ0) is 13.0. The van der Waals surface area contributed by atoms with Crippen molar-refractivity contribution in [1.29, 1.82) is 0 Å². The molecule has 0 aliphatic carbocycles. The summed E-state index contributed by atoms with van der Waals surface area (Å²) in [5, 5.41) is 4.01. The molecule has 0 saturated carbocycles. The summed E-state index contributed by atoms with van der Waals surface area (Å²) in [6.45, 7) is 0.729. The van der Waals surface area contributed by atoms with E-state index in [1.54, 1.807) is 13.2 Å². The van der Waals surface area contributed by atoms with Gasteiger partial charge >= 0.3 is 0 Å². The molecule has 0 fully saturated rings. The third-order valence-electron chi connectivity index (χ3n) is 3.03. The fourth-order valence-corrected chi connectivity index (χ4v) is 2.07. The first-order chi connectivity index (χ1) is 8.74. The molecule has 0 radical (unpaired) electrons. The smallest absolute Gasteiger partial charge is 0.134 e. The molecule has 4 heteroatoms. The maximum Gasteiger partial charge on any atom is 0.134 e. The molecule has 18 heavy (non-hydrogen) atoms. The standard InChI is InChI=1S/C14H18FNO2/c1-16-12(4-3-7-17-2)14-9-10-8-11(15)5-6-13(10)18-14/h5-6,8-9,12,16H,3-4,7H2,1-2H3. The van der Waals surface area contributed by atoms with E-state index in [1.165, 1.54) is 12.1 Å². The summed E-state index contributed by atoms with van der Waals surface area (Å²) in [4.78, 5) is 0. The van der Waals surface area contributed by atoms with Crippen molar-refractivity contribution in [3.63, 3.8) is 0 Å². The third-order valence-corrected chi connectivity index (χ3v) is 3.03. The van der Waals surface area contributed by atoms with Gasteiger partial charge in [-0.1, -0.05) is 0 Å². The highest BCUT2D eigenvalue weighted by atomic mass is 19.1. The van der Waals surface area contributed by atoms with Gasteiger partial charge in [-0.25, -0.2) is 4.39 Å². The Morgan fingerprint density at radius 3 is 2.94 bits per heavy atom. The van der Waals surface area contributed by atoms with Gasteiger partial charge in [0.15, 0.2) is 0 Å². The number of halogens is 1. The molecular weight excluding hydrogens is 233 g/mol. The second-order valence-corrected chi connectivity index (χ2v) is 4.31. The Hall–Kier alpha value is -1.39. The van der Waals surface area contributed by atoms with Gasteiger partial charge in [-0.3, -0.25) is 0 Å². The van der Waals surface area contributed by atoms with E-state index in [0.29, 0.717) is 0 Å². The second kappa shape index (κ2) is 5.98. The molecule has 0 bridgehead atoms. The van der Waals surface area contributed by atoms with Gasteiger partial charge in [0, 0.05) is 19.1 Å². The molecule has 98 valence electrons. The SMILES string of the molecule is CNC(CCCOC)c1cc2cc(F)ccc2o1. The van der Waals surface area contributed by atoms with Crippen LogP contribution in [0.1, 0.15) is 24.6 Å². The Kier molecular flexibility index (Phi) is 4.33. The molecule has 0 spiro atoms. The Morgan fingerprint density at radius 1 is 1.39 bits per heavy atom. The number of hydrogen-bond donors (Lipinski definition) is 1. The van der Waals surface area contributed by atoms with Gasteiger partial charge in [0.1, 0.15) is 17.2 Å². The topological polar surface area (TPSA) is 34.4 Å². The summed E-state index contributed by atoms with van der Waals surface area (Å²) in [5.41, 5.74) is 0.721. The van der Waals surface area contributed by atoms with Crippen molar-refractivity contribution >= 4 is 11.0 Å². The summed E-state index contributed by atoms with van der Waals surface area (Å²) in [7, 11) is 3.59. The van der Waals surface area contributed by atoms with Crippen molar-refractivity contribution in [2.24, 2.45) is 0 Å². The van der Waals surface area contributed by atoms with Gasteiger partial charge in [-0.2, -0.15) is 0 Å². The Bertz CT molecular complexity index is 509. The van der Waals surface area contributed by atoms with Gasteiger partial charge in [0.2, 0.25) is 0 Å². The summed E-state index contributed by atoms with van der Waals surface area (Å²) in [6.07, 6.45) is 1.88. The van der Waals surface area contributed by atoms with E-state index in [-0.39, 0.29) is 11.9 Å². The molecule has 1 atom stereocenters. The Labute approximate surface area is 106 Å². The summed E-state index contributed by atoms with van der Waals surface area (Å²) in [5.74, 6) is 0.601. The van der Waals surface area contributed by atoms with Crippen LogP contribution in [0.4, 0.5) is 4.39 Å². The predicted molar refractivity (Wildman–Crippen MR) is 69.1 cm³/mol. The van der Waals surface area contributed by atoms with Gasteiger partial charge in [-0.15, -0.1) is 0 Å². The fourth-order valence-electron chi connectivity index (χ4n) is 2.07. The lowest BCUT2D eigenvalue weighted by molar-refractivity contribution is 0.188. The van der Waals surface area contributed by atoms with Crippen molar-refractivity contribution < 1.29 is 13.5 Å². The number of fused-ring (bicyclic) bond motifs is 1. The van der Waals surface area contributed by atoms with Crippen LogP contribution in [0.25, 0.3) is 11.0 Å². The monoisotopic (exact) mass is 251 g/mol. The van der Waals surface area contributed by atoms with Crippen LogP contribution < -0.4 is 5.32 Å². The van der Waals surface area contributed by atoms with Crippen LogP contribution >= 0.6 is 0 Å². The summed E-state index contributed by atoms with van der Waals surface area (Å²) < 4.78 is 23.9. The molecule has 1 aromatic carbocycles. The molecule has 0 amide bonds. The van der Waals surface area contributed by atoms with E-state index >= 15 is 0 Å². The van der Waals surface area contributed by atoms with Crippen LogP contribution in [0, 0.1) is 5.82 Å². The minimum atomic E-state index is -0.241. The van der Waals surface area contributed by atoms with Gasteiger partial charge in [-0.05, 0) is 44.2 Å². The van der Waals surface area contributed by atoms with Gasteiger partial charge < -0.3 is 14.5 Å². The van der Waals surface area contributed by atoms with Crippen LogP contribution in [0.15, 0.2) is 28.7 Å². The summed E-state index contributed by atoms with van der Waals surface area (Å²) >= 11 is 0. The largest absolute Gasteiger partial charge is 0.459 e. The number of rotatable bonds is 6. The van der Waals surface area contributed by atoms with E-state index in [0.717, 1.165) is 36.2 Å². The molecule has 2 aromatic rings. The van der Waals surface area contributed by atoms with E-state index in [2.05, 4.69) is 5.32 Å². The molecule has 3 nitrogen and oxygen atoms in total. The van der Waals surface area contributed by atoms with Crippen LogP contribution in [0.3, 0.4) is 0 Å². The highest BCUT2D eigenvalue weighted by Crippen LogP contribution is 2.26. The van der Waals surface area contributed by atoms with Crippen LogP contribution in [0.5, 0.6) is 0 Å². The second-order valence-electron chi connectivity index (χ2n) is 4.31. The Balaban J connectivity index is 2.17. The predicted octanol–water partition coefficient (Wildman–Crippen LogP) is 3.26. The van der Waals surface area contributed by atoms with Gasteiger partial charge in [0.05, 0.1) is 6.04 Å². The van der Waals surface area contributed by atoms with E-state index in [9.17, 15) is 4.39 Å². The zero-order valence-electron chi connectivity index (χ0n) is 10.7. The number of ether oxygens (including phenoxy) is 1. The highest BCUT2D eigenvalue weighted by Gasteiger charge is 2.14. The first-order valence-corrected chi connectivity index (χ1v) is 6.10. The van der Waals surface area contributed by atoms with E-state index in [4.69, 9.17) is 9.15 Å². The van der Waals surface area contributed by atoms with Crippen molar-refractivity contribution in [1.82, 2.24) is 5.32 Å².